The third kappa shape index (κ3) is 3.68. The Morgan fingerprint density at radius 1 is 1.13 bits per heavy atom. The molecule has 0 unspecified atom stereocenters. The highest BCUT2D eigenvalue weighted by Crippen LogP contribution is 2.37. The van der Waals surface area contributed by atoms with Crippen molar-refractivity contribution in [2.24, 2.45) is 0 Å². The van der Waals surface area contributed by atoms with Crippen molar-refractivity contribution in [3.05, 3.63) is 76.9 Å². The molecule has 0 saturated heterocycles. The van der Waals surface area contributed by atoms with Crippen LogP contribution in [0.25, 0.3) is 27.8 Å². The van der Waals surface area contributed by atoms with Gasteiger partial charge >= 0.3 is 6.18 Å². The van der Waals surface area contributed by atoms with E-state index in [2.05, 4.69) is 5.10 Å². The number of benzene rings is 2. The molecule has 30 heavy (non-hydrogen) atoms. The molecule has 0 aliphatic carbocycles. The van der Waals surface area contributed by atoms with Crippen molar-refractivity contribution in [3.63, 3.8) is 0 Å². The van der Waals surface area contributed by atoms with Crippen molar-refractivity contribution in [2.75, 3.05) is 6.61 Å². The highest BCUT2D eigenvalue weighted by atomic mass is 19.4. The van der Waals surface area contributed by atoms with Gasteiger partial charge in [-0.25, -0.2) is 4.68 Å². The Bertz CT molecular complexity index is 1240. The zero-order valence-corrected chi connectivity index (χ0v) is 15.9. The summed E-state index contributed by atoms with van der Waals surface area (Å²) in [4.78, 5) is 13.0. The van der Waals surface area contributed by atoms with Crippen LogP contribution in [0.15, 0.2) is 70.1 Å². The van der Waals surface area contributed by atoms with E-state index in [-0.39, 0.29) is 16.5 Å². The molecule has 2 aromatic heterocycles. The van der Waals surface area contributed by atoms with Crippen LogP contribution in [0.3, 0.4) is 0 Å². The normalized spacial score (nSPS) is 11.7. The van der Waals surface area contributed by atoms with Gasteiger partial charge in [0.2, 0.25) is 11.2 Å². The third-order valence-electron chi connectivity index (χ3n) is 4.49. The summed E-state index contributed by atoms with van der Waals surface area (Å²) in [5, 5.41) is 4.14. The van der Waals surface area contributed by atoms with Crippen molar-refractivity contribution >= 4 is 11.0 Å². The van der Waals surface area contributed by atoms with E-state index >= 15 is 0 Å². The maximum absolute atomic E-state index is 13.8. The highest BCUT2D eigenvalue weighted by molar-refractivity contribution is 5.84. The summed E-state index contributed by atoms with van der Waals surface area (Å²) in [5.74, 6) is -1.02. The van der Waals surface area contributed by atoms with E-state index in [4.69, 9.17) is 9.15 Å². The minimum atomic E-state index is -4.86. The lowest BCUT2D eigenvalue weighted by atomic mass is 10.0. The van der Waals surface area contributed by atoms with E-state index in [1.54, 1.807) is 30.3 Å². The van der Waals surface area contributed by atoms with Crippen LogP contribution in [-0.4, -0.2) is 16.4 Å². The largest absolute Gasteiger partial charge is 0.493 e. The van der Waals surface area contributed by atoms with E-state index in [9.17, 15) is 18.0 Å². The van der Waals surface area contributed by atoms with Gasteiger partial charge in [-0.05, 0) is 30.7 Å². The molecule has 4 rings (SSSR count). The van der Waals surface area contributed by atoms with Gasteiger partial charge in [-0.2, -0.15) is 18.3 Å². The van der Waals surface area contributed by atoms with Crippen molar-refractivity contribution < 1.29 is 22.3 Å². The van der Waals surface area contributed by atoms with E-state index in [1.807, 2.05) is 13.0 Å². The van der Waals surface area contributed by atoms with Gasteiger partial charge in [-0.1, -0.05) is 25.1 Å². The molecule has 0 amide bonds. The number of aromatic nitrogens is 2. The maximum Gasteiger partial charge on any atom is 0.450 e. The number of alkyl halides is 3. The summed E-state index contributed by atoms with van der Waals surface area (Å²) in [6, 6.07) is 13.1. The molecule has 0 atom stereocenters. The van der Waals surface area contributed by atoms with Gasteiger partial charge in [0, 0.05) is 17.8 Å². The number of rotatable bonds is 5. The Morgan fingerprint density at radius 3 is 2.60 bits per heavy atom. The molecule has 0 aliphatic rings. The molecule has 5 nitrogen and oxygen atoms in total. The van der Waals surface area contributed by atoms with E-state index in [0.717, 1.165) is 6.42 Å². The molecule has 0 saturated carbocycles. The third-order valence-corrected chi connectivity index (χ3v) is 4.49. The average molecular weight is 414 g/mol. The summed E-state index contributed by atoms with van der Waals surface area (Å²) in [6.07, 6.45) is -1.53. The Morgan fingerprint density at radius 2 is 1.90 bits per heavy atom. The molecule has 0 N–H and O–H groups in total. The van der Waals surface area contributed by atoms with Crippen LogP contribution in [0.2, 0.25) is 0 Å². The van der Waals surface area contributed by atoms with Crippen LogP contribution in [0.4, 0.5) is 13.2 Å². The van der Waals surface area contributed by atoms with Gasteiger partial charge in [0.25, 0.3) is 0 Å². The van der Waals surface area contributed by atoms with Crippen molar-refractivity contribution in [1.82, 2.24) is 9.78 Å². The second kappa shape index (κ2) is 7.70. The predicted molar refractivity (Wildman–Crippen MR) is 106 cm³/mol. The number of fused-ring (bicyclic) bond motifs is 1. The summed E-state index contributed by atoms with van der Waals surface area (Å²) in [5.41, 5.74) is -0.855. The monoisotopic (exact) mass is 414 g/mol. The molecule has 8 heteroatoms. The van der Waals surface area contributed by atoms with E-state index < -0.39 is 22.9 Å². The summed E-state index contributed by atoms with van der Waals surface area (Å²) in [7, 11) is 0. The molecule has 2 aromatic carbocycles. The number of para-hydroxylation sites is 1. The average Bonchev–Trinajstić information content (AvgIpc) is 3.21. The number of hydrogen-bond donors (Lipinski definition) is 0. The molecular formula is C22H17F3N2O3. The summed E-state index contributed by atoms with van der Waals surface area (Å²) < 4.78 is 53.4. The Kier molecular flexibility index (Phi) is 5.07. The molecule has 154 valence electrons. The van der Waals surface area contributed by atoms with Crippen LogP contribution < -0.4 is 10.2 Å². The molecular weight excluding hydrogens is 397 g/mol. The molecule has 4 aromatic rings. The minimum absolute atomic E-state index is 0.0214. The smallest absolute Gasteiger partial charge is 0.450 e. The van der Waals surface area contributed by atoms with Crippen LogP contribution in [-0.2, 0) is 6.18 Å². The molecule has 0 aliphatic heterocycles. The number of nitrogens with zero attached hydrogens (tertiary/aromatic N) is 2. The van der Waals surface area contributed by atoms with Crippen LogP contribution >= 0.6 is 0 Å². The van der Waals surface area contributed by atoms with Crippen molar-refractivity contribution in [1.29, 1.82) is 0 Å². The SMILES string of the molecule is CCCOc1ccc2c(=O)c(-c3cnn(-c4ccccc4)c3)c(C(F)(F)F)oc2c1. The first-order valence-electron chi connectivity index (χ1n) is 9.30. The second-order valence-corrected chi connectivity index (χ2v) is 6.65. The molecule has 2 heterocycles. The Hall–Kier alpha value is -3.55. The van der Waals surface area contributed by atoms with Gasteiger partial charge in [0.15, 0.2) is 0 Å². The van der Waals surface area contributed by atoms with Crippen LogP contribution in [0.1, 0.15) is 19.1 Å². The van der Waals surface area contributed by atoms with E-state index in [0.29, 0.717) is 18.0 Å². The van der Waals surface area contributed by atoms with Gasteiger partial charge in [0.1, 0.15) is 11.3 Å². The fourth-order valence-electron chi connectivity index (χ4n) is 3.12. The zero-order chi connectivity index (χ0) is 21.3. The van der Waals surface area contributed by atoms with Gasteiger partial charge < -0.3 is 9.15 Å². The van der Waals surface area contributed by atoms with E-state index in [1.165, 1.54) is 29.2 Å². The number of halogens is 3. The fourth-order valence-corrected chi connectivity index (χ4v) is 3.12. The number of hydrogen-bond acceptors (Lipinski definition) is 4. The Labute approximate surface area is 169 Å². The fraction of sp³-hybridized carbons (Fsp3) is 0.182. The standard InChI is InChI=1S/C22H17F3N2O3/c1-2-10-29-16-8-9-17-18(11-16)30-21(22(23,24)25)19(20(17)28)14-12-26-27(13-14)15-6-4-3-5-7-15/h3-9,11-13H,2,10H2,1H3. The quantitative estimate of drug-likeness (QED) is 0.436. The topological polar surface area (TPSA) is 57.3 Å². The van der Waals surface area contributed by atoms with Crippen molar-refractivity contribution in [2.45, 2.75) is 19.5 Å². The molecule has 0 fully saturated rings. The van der Waals surface area contributed by atoms with Gasteiger partial charge in [-0.15, -0.1) is 0 Å². The lowest BCUT2D eigenvalue weighted by Crippen LogP contribution is -2.16. The second-order valence-electron chi connectivity index (χ2n) is 6.65. The molecule has 0 bridgehead atoms. The first-order chi connectivity index (χ1) is 14.4. The highest BCUT2D eigenvalue weighted by Gasteiger charge is 2.39. The Balaban J connectivity index is 1.90. The first-order valence-corrected chi connectivity index (χ1v) is 9.30. The zero-order valence-electron chi connectivity index (χ0n) is 15.9. The number of ether oxygens (including phenoxy) is 1. The lowest BCUT2D eigenvalue weighted by Gasteiger charge is -2.12. The summed E-state index contributed by atoms with van der Waals surface area (Å²) in [6.45, 7) is 2.31. The van der Waals surface area contributed by atoms with Crippen molar-refractivity contribution in [3.8, 4) is 22.6 Å². The van der Waals surface area contributed by atoms with Gasteiger partial charge in [0.05, 0.1) is 29.4 Å². The molecule has 0 spiro atoms. The van der Waals surface area contributed by atoms with Gasteiger partial charge in [-0.3, -0.25) is 4.79 Å². The van der Waals surface area contributed by atoms with Crippen LogP contribution in [0, 0.1) is 0 Å². The molecule has 0 radical (unpaired) electrons. The minimum Gasteiger partial charge on any atom is -0.493 e. The predicted octanol–water partition coefficient (Wildman–Crippen LogP) is 5.45. The lowest BCUT2D eigenvalue weighted by molar-refractivity contribution is -0.152. The van der Waals surface area contributed by atoms with Crippen LogP contribution in [0.5, 0.6) is 5.75 Å². The maximum atomic E-state index is 13.8. The summed E-state index contributed by atoms with van der Waals surface area (Å²) >= 11 is 0. The first kappa shape index (κ1) is 19.8.